The van der Waals surface area contributed by atoms with Crippen molar-refractivity contribution >= 4 is 29.4 Å². The number of rotatable bonds is 17. The monoisotopic (exact) mass is 701 g/mol. The van der Waals surface area contributed by atoms with Gasteiger partial charge in [-0.05, 0) is 56.6 Å². The normalized spacial score (nSPS) is 21.5. The molecule has 0 spiro atoms. The predicted molar refractivity (Wildman–Crippen MR) is 187 cm³/mol. The van der Waals surface area contributed by atoms with Crippen LogP contribution in [0.1, 0.15) is 63.8 Å². The Labute approximate surface area is 296 Å². The third-order valence-corrected chi connectivity index (χ3v) is 9.41. The second-order valence-electron chi connectivity index (χ2n) is 14.2. The van der Waals surface area contributed by atoms with Gasteiger partial charge in [0.2, 0.25) is 23.6 Å². The molecule has 2 saturated heterocycles. The van der Waals surface area contributed by atoms with Gasteiger partial charge in [-0.15, -0.1) is 0 Å². The number of carbonyl (C=O) groups is 5. The zero-order chi connectivity index (χ0) is 36.7. The molecule has 2 aliphatic rings. The molecule has 3 heterocycles. The molecule has 5 rings (SSSR count). The highest BCUT2D eigenvalue weighted by Gasteiger charge is 2.51. The quantitative estimate of drug-likeness (QED) is 0.155. The fourth-order valence-electron chi connectivity index (χ4n) is 6.60. The summed E-state index contributed by atoms with van der Waals surface area (Å²) in [6.45, 7) is 7.77. The standard InChI is InChI=1S/C38H47N5O8/c1-23(2)17-29(34(46)38(4)22-50-38)40-36(48)31(19-26-13-9-6-10-14-26)43-24(3)18-30(37(43)49)41-35(47)28(16-15-25-11-7-5-8-12-25)39-32(44)20-27-21-33(45)51-42-27/h5-14,21,23-24,28-31,42H,15-20,22H2,1-4H3,(H,39,44)(H,40,48)(H,41,47)/t24?,28-,29-,30-,31-,38+/m0/s1. The average molecular weight is 702 g/mol. The minimum Gasteiger partial charge on any atom is -0.361 e. The number of ketones is 1. The first-order valence-corrected chi connectivity index (χ1v) is 17.5. The molecule has 6 atom stereocenters. The number of H-pyrrole nitrogens is 1. The molecule has 2 aliphatic heterocycles. The maximum atomic E-state index is 14.1. The summed E-state index contributed by atoms with van der Waals surface area (Å²) in [5, 5.41) is 10.9. The van der Waals surface area contributed by atoms with E-state index in [1.165, 1.54) is 4.90 Å². The Morgan fingerprint density at radius 2 is 1.59 bits per heavy atom. The van der Waals surface area contributed by atoms with Crippen LogP contribution in [-0.2, 0) is 48.0 Å². The highest BCUT2D eigenvalue weighted by molar-refractivity contribution is 5.99. The molecule has 2 fully saturated rings. The predicted octanol–water partition coefficient (Wildman–Crippen LogP) is 2.23. The summed E-state index contributed by atoms with van der Waals surface area (Å²) >= 11 is 0. The number of nitrogens with one attached hydrogen (secondary N) is 4. The van der Waals surface area contributed by atoms with E-state index >= 15 is 0 Å². The van der Waals surface area contributed by atoms with Crippen molar-refractivity contribution in [1.82, 2.24) is 26.0 Å². The molecule has 0 saturated carbocycles. The molecule has 51 heavy (non-hydrogen) atoms. The second kappa shape index (κ2) is 16.3. The number of hydrogen-bond donors (Lipinski definition) is 4. The van der Waals surface area contributed by atoms with Crippen LogP contribution in [0.3, 0.4) is 0 Å². The van der Waals surface area contributed by atoms with E-state index in [0.29, 0.717) is 19.4 Å². The summed E-state index contributed by atoms with van der Waals surface area (Å²) in [4.78, 5) is 81.3. The Bertz CT molecular complexity index is 1750. The number of ether oxygens (including phenoxy) is 1. The molecule has 0 radical (unpaired) electrons. The zero-order valence-corrected chi connectivity index (χ0v) is 29.5. The summed E-state index contributed by atoms with van der Waals surface area (Å²) in [7, 11) is 0. The van der Waals surface area contributed by atoms with Crippen LogP contribution in [0, 0.1) is 5.92 Å². The number of likely N-dealkylation sites (tertiary alicyclic amines) is 1. The number of epoxide rings is 1. The lowest BCUT2D eigenvalue weighted by atomic mass is 9.92. The molecule has 2 aromatic carbocycles. The zero-order valence-electron chi connectivity index (χ0n) is 29.5. The molecule has 13 heteroatoms. The van der Waals surface area contributed by atoms with Crippen LogP contribution in [0.5, 0.6) is 0 Å². The van der Waals surface area contributed by atoms with E-state index in [1.54, 1.807) is 6.92 Å². The van der Waals surface area contributed by atoms with Crippen molar-refractivity contribution in [3.63, 3.8) is 0 Å². The van der Waals surface area contributed by atoms with Gasteiger partial charge in [0.15, 0.2) is 5.78 Å². The van der Waals surface area contributed by atoms with Gasteiger partial charge >= 0.3 is 5.63 Å². The number of Topliss-reactive ketones (excluding diaryl/α,β-unsaturated/α-hetero) is 1. The van der Waals surface area contributed by atoms with E-state index in [1.807, 2.05) is 81.4 Å². The highest BCUT2D eigenvalue weighted by atomic mass is 16.6. The molecular weight excluding hydrogens is 654 g/mol. The summed E-state index contributed by atoms with van der Waals surface area (Å²) in [6.07, 6.45) is 1.36. The van der Waals surface area contributed by atoms with Crippen molar-refractivity contribution in [2.45, 2.75) is 102 Å². The van der Waals surface area contributed by atoms with Crippen LogP contribution in [0.2, 0.25) is 0 Å². The average Bonchev–Trinajstić information content (AvgIpc) is 3.63. The number of aromatic nitrogens is 1. The van der Waals surface area contributed by atoms with E-state index < -0.39 is 65.1 Å². The van der Waals surface area contributed by atoms with Crippen LogP contribution in [0.4, 0.5) is 0 Å². The summed E-state index contributed by atoms with van der Waals surface area (Å²) in [6, 6.07) is 15.8. The number of benzene rings is 2. The number of aryl methyl sites for hydroxylation is 1. The number of aromatic amines is 1. The third kappa shape index (κ3) is 9.81. The molecule has 0 bridgehead atoms. The molecule has 1 unspecified atom stereocenters. The van der Waals surface area contributed by atoms with Gasteiger partial charge in [-0.1, -0.05) is 74.5 Å². The molecule has 272 valence electrons. The molecule has 3 aromatic rings. The van der Waals surface area contributed by atoms with Crippen molar-refractivity contribution in [1.29, 1.82) is 0 Å². The van der Waals surface area contributed by atoms with E-state index in [4.69, 9.17) is 4.74 Å². The number of amides is 4. The van der Waals surface area contributed by atoms with Gasteiger partial charge in [0.1, 0.15) is 23.7 Å². The lowest BCUT2D eigenvalue weighted by Crippen LogP contribution is -2.57. The number of nitrogens with zero attached hydrogens (tertiary/aromatic N) is 1. The van der Waals surface area contributed by atoms with Crippen molar-refractivity contribution in [2.75, 3.05) is 6.61 Å². The third-order valence-electron chi connectivity index (χ3n) is 9.41. The first-order chi connectivity index (χ1) is 24.3. The summed E-state index contributed by atoms with van der Waals surface area (Å²) in [5.74, 6) is -2.03. The van der Waals surface area contributed by atoms with E-state index in [2.05, 4.69) is 25.6 Å². The minimum absolute atomic E-state index is 0.110. The van der Waals surface area contributed by atoms with Crippen LogP contribution in [-0.4, -0.2) is 81.9 Å². The lowest BCUT2D eigenvalue weighted by Gasteiger charge is -2.33. The Balaban J connectivity index is 1.33. The summed E-state index contributed by atoms with van der Waals surface area (Å²) in [5.41, 5.74) is 0.496. The molecular formula is C38H47N5O8. The van der Waals surface area contributed by atoms with Gasteiger partial charge in [-0.2, -0.15) is 0 Å². The molecule has 4 N–H and O–H groups in total. The van der Waals surface area contributed by atoms with Crippen molar-refractivity contribution in [3.05, 3.63) is 94.0 Å². The lowest BCUT2D eigenvalue weighted by molar-refractivity contribution is -0.142. The van der Waals surface area contributed by atoms with E-state index in [0.717, 1.165) is 17.2 Å². The molecule has 0 aliphatic carbocycles. The van der Waals surface area contributed by atoms with Crippen molar-refractivity contribution in [3.8, 4) is 0 Å². The maximum absolute atomic E-state index is 14.1. The van der Waals surface area contributed by atoms with E-state index in [9.17, 15) is 28.8 Å². The second-order valence-corrected chi connectivity index (χ2v) is 14.2. The number of carbonyl (C=O) groups excluding carboxylic acids is 5. The smallest absolute Gasteiger partial charge is 0.357 e. The first kappa shape index (κ1) is 37.2. The van der Waals surface area contributed by atoms with Crippen LogP contribution < -0.4 is 21.6 Å². The minimum atomic E-state index is -0.995. The number of hydrogen-bond acceptors (Lipinski definition) is 8. The Morgan fingerprint density at radius 1 is 0.941 bits per heavy atom. The van der Waals surface area contributed by atoms with Gasteiger partial charge in [-0.3, -0.25) is 24.0 Å². The van der Waals surface area contributed by atoms with Gasteiger partial charge < -0.3 is 30.1 Å². The Morgan fingerprint density at radius 3 is 2.18 bits per heavy atom. The van der Waals surface area contributed by atoms with Gasteiger partial charge in [0, 0.05) is 18.5 Å². The Kier molecular flexibility index (Phi) is 11.9. The highest BCUT2D eigenvalue weighted by Crippen LogP contribution is 2.30. The fraction of sp³-hybridized carbons (Fsp3) is 0.474. The largest absolute Gasteiger partial charge is 0.361 e. The van der Waals surface area contributed by atoms with E-state index in [-0.39, 0.29) is 43.1 Å². The fourth-order valence-corrected chi connectivity index (χ4v) is 6.60. The van der Waals surface area contributed by atoms with Crippen molar-refractivity contribution in [2.24, 2.45) is 5.92 Å². The molecule has 4 amide bonds. The van der Waals surface area contributed by atoms with Crippen LogP contribution in [0.25, 0.3) is 0 Å². The van der Waals surface area contributed by atoms with Crippen LogP contribution >= 0.6 is 0 Å². The molecule has 13 nitrogen and oxygen atoms in total. The van der Waals surface area contributed by atoms with Crippen LogP contribution in [0.15, 0.2) is 76.0 Å². The van der Waals surface area contributed by atoms with Gasteiger partial charge in [-0.25, -0.2) is 9.95 Å². The topological polar surface area (TPSA) is 183 Å². The van der Waals surface area contributed by atoms with Crippen molar-refractivity contribution < 1.29 is 33.2 Å². The molecule has 1 aromatic heterocycles. The SMILES string of the molecule is CC(C)C[C@H](NC(=O)[C@H](Cc1ccccc1)N1C(=O)[C@@H](NC(=O)[C@H](CCc2ccccc2)NC(=O)Cc2cc(=O)o[nH]2)CC1C)C(=O)[C@@]1(C)CO1. The maximum Gasteiger partial charge on any atom is 0.357 e. The summed E-state index contributed by atoms with van der Waals surface area (Å²) < 4.78 is 10.1. The van der Waals surface area contributed by atoms with Gasteiger partial charge in [0.05, 0.1) is 24.8 Å². The first-order valence-electron chi connectivity index (χ1n) is 17.5. The Hall–Kier alpha value is -5.04. The van der Waals surface area contributed by atoms with Gasteiger partial charge in [0.25, 0.3) is 0 Å².